The molecule has 0 bridgehead atoms. The van der Waals surface area contributed by atoms with Crippen LogP contribution in [0.2, 0.25) is 0 Å². The summed E-state index contributed by atoms with van der Waals surface area (Å²) in [5.74, 6) is 0.402. The number of aryl methyl sites for hydroxylation is 2. The average molecular weight is 443 g/mol. The molecule has 3 N–H and O–H groups in total. The molecule has 1 aromatic heterocycles. The van der Waals surface area contributed by atoms with Crippen LogP contribution in [-0.4, -0.2) is 29.5 Å². The fourth-order valence-electron chi connectivity index (χ4n) is 2.43. The van der Waals surface area contributed by atoms with Gasteiger partial charge in [-0.1, -0.05) is 12.1 Å². The van der Waals surface area contributed by atoms with Crippen molar-refractivity contribution >= 4 is 35.6 Å². The number of aliphatic imine (C=N–C) groups is 1. The zero-order valence-corrected chi connectivity index (χ0v) is 17.0. The summed E-state index contributed by atoms with van der Waals surface area (Å²) in [6, 6.07) is 8.02. The van der Waals surface area contributed by atoms with Crippen molar-refractivity contribution in [1.82, 2.24) is 9.78 Å². The van der Waals surface area contributed by atoms with Gasteiger partial charge in [-0.05, 0) is 38.5 Å². The molecule has 0 unspecified atom stereocenters. The lowest BCUT2D eigenvalue weighted by molar-refractivity contribution is 0.182. The van der Waals surface area contributed by atoms with Gasteiger partial charge in [-0.15, -0.1) is 24.0 Å². The van der Waals surface area contributed by atoms with Crippen LogP contribution in [0.25, 0.3) is 0 Å². The maximum absolute atomic E-state index is 5.98. The summed E-state index contributed by atoms with van der Waals surface area (Å²) in [4.78, 5) is 4.43. The first-order valence-electron chi connectivity index (χ1n) is 7.66. The van der Waals surface area contributed by atoms with Gasteiger partial charge in [0.15, 0.2) is 5.96 Å². The Morgan fingerprint density at radius 1 is 1.33 bits per heavy atom. The number of nitrogens with zero attached hydrogens (tertiary/aromatic N) is 3. The average Bonchev–Trinajstić information content (AvgIpc) is 2.77. The van der Waals surface area contributed by atoms with Gasteiger partial charge in [0.25, 0.3) is 0 Å². The van der Waals surface area contributed by atoms with E-state index in [2.05, 4.69) is 15.4 Å². The molecular formula is C17H26IN5O. The normalized spacial score (nSPS) is 11.2. The highest BCUT2D eigenvalue weighted by molar-refractivity contribution is 14.0. The minimum Gasteiger partial charge on any atom is -0.383 e. The number of halogens is 1. The Morgan fingerprint density at radius 2 is 2.08 bits per heavy atom. The van der Waals surface area contributed by atoms with Crippen LogP contribution in [0.5, 0.6) is 0 Å². The number of rotatable bonds is 6. The first-order chi connectivity index (χ1) is 11.0. The molecule has 0 amide bonds. The quantitative estimate of drug-likeness (QED) is 0.409. The molecule has 0 aliphatic heterocycles. The third kappa shape index (κ3) is 5.48. The van der Waals surface area contributed by atoms with Crippen molar-refractivity contribution in [2.75, 3.05) is 19.0 Å². The molecule has 0 spiro atoms. The molecule has 2 aromatic rings. The molecule has 132 valence electrons. The first kappa shape index (κ1) is 20.4. The number of nitrogens with two attached hydrogens (primary N) is 1. The Hall–Kier alpha value is -1.61. The second-order valence-corrected chi connectivity index (χ2v) is 5.56. The van der Waals surface area contributed by atoms with Crippen molar-refractivity contribution in [3.63, 3.8) is 0 Å². The summed E-state index contributed by atoms with van der Waals surface area (Å²) in [5, 5.41) is 7.64. The Labute approximate surface area is 160 Å². The second-order valence-electron chi connectivity index (χ2n) is 5.56. The van der Waals surface area contributed by atoms with Crippen LogP contribution in [0, 0.1) is 20.8 Å². The fourth-order valence-corrected chi connectivity index (χ4v) is 2.43. The van der Waals surface area contributed by atoms with Gasteiger partial charge in [-0.3, -0.25) is 4.68 Å². The van der Waals surface area contributed by atoms with E-state index in [1.165, 1.54) is 5.56 Å². The Morgan fingerprint density at radius 3 is 2.75 bits per heavy atom. The lowest BCUT2D eigenvalue weighted by Gasteiger charge is -2.07. The molecule has 0 aliphatic carbocycles. The highest BCUT2D eigenvalue weighted by Gasteiger charge is 2.10. The molecule has 0 fully saturated rings. The van der Waals surface area contributed by atoms with E-state index in [0.29, 0.717) is 19.1 Å². The van der Waals surface area contributed by atoms with Gasteiger partial charge in [-0.25, -0.2) is 4.99 Å². The predicted molar refractivity (Wildman–Crippen MR) is 109 cm³/mol. The smallest absolute Gasteiger partial charge is 0.193 e. The molecule has 0 saturated carbocycles. The van der Waals surface area contributed by atoms with Crippen molar-refractivity contribution in [2.45, 2.75) is 33.9 Å². The highest BCUT2D eigenvalue weighted by atomic mass is 127. The third-order valence-electron chi connectivity index (χ3n) is 3.74. The summed E-state index contributed by atoms with van der Waals surface area (Å²) >= 11 is 0. The van der Waals surface area contributed by atoms with Crippen molar-refractivity contribution in [2.24, 2.45) is 10.7 Å². The van der Waals surface area contributed by atoms with Gasteiger partial charge in [0.1, 0.15) is 0 Å². The Balaban J connectivity index is 0.00000288. The zero-order valence-electron chi connectivity index (χ0n) is 14.7. The summed E-state index contributed by atoms with van der Waals surface area (Å²) in [5.41, 5.74) is 11.3. The van der Waals surface area contributed by atoms with Crippen molar-refractivity contribution in [1.29, 1.82) is 0 Å². The summed E-state index contributed by atoms with van der Waals surface area (Å²) in [6.45, 7) is 7.97. The molecule has 2 rings (SSSR count). The van der Waals surface area contributed by atoms with Gasteiger partial charge in [0.05, 0.1) is 25.4 Å². The number of guanidine groups is 1. The van der Waals surface area contributed by atoms with E-state index < -0.39 is 0 Å². The summed E-state index contributed by atoms with van der Waals surface area (Å²) in [7, 11) is 1.69. The number of anilines is 1. The maximum Gasteiger partial charge on any atom is 0.193 e. The van der Waals surface area contributed by atoms with Crippen LogP contribution in [0.1, 0.15) is 22.5 Å². The SMILES string of the molecule is COCCn1nc(C)c(CN=C(N)Nc2cccc(C)c2)c1C.I. The van der Waals surface area contributed by atoms with Crippen LogP contribution in [0.3, 0.4) is 0 Å². The third-order valence-corrected chi connectivity index (χ3v) is 3.74. The van der Waals surface area contributed by atoms with Gasteiger partial charge in [0.2, 0.25) is 0 Å². The minimum atomic E-state index is 0. The number of ether oxygens (including phenoxy) is 1. The van der Waals surface area contributed by atoms with E-state index in [-0.39, 0.29) is 24.0 Å². The molecule has 6 nitrogen and oxygen atoms in total. The van der Waals surface area contributed by atoms with E-state index in [1.54, 1.807) is 7.11 Å². The number of methoxy groups -OCH3 is 1. The van der Waals surface area contributed by atoms with Gasteiger partial charge in [-0.2, -0.15) is 5.10 Å². The van der Waals surface area contributed by atoms with E-state index in [9.17, 15) is 0 Å². The minimum absolute atomic E-state index is 0. The fraction of sp³-hybridized carbons (Fsp3) is 0.412. The number of hydrogen-bond donors (Lipinski definition) is 2. The van der Waals surface area contributed by atoms with E-state index in [1.807, 2.05) is 49.7 Å². The van der Waals surface area contributed by atoms with Crippen LogP contribution in [0.4, 0.5) is 5.69 Å². The van der Waals surface area contributed by atoms with Gasteiger partial charge < -0.3 is 15.8 Å². The summed E-state index contributed by atoms with van der Waals surface area (Å²) < 4.78 is 7.06. The van der Waals surface area contributed by atoms with E-state index >= 15 is 0 Å². The van der Waals surface area contributed by atoms with Crippen molar-refractivity contribution < 1.29 is 4.74 Å². The van der Waals surface area contributed by atoms with Gasteiger partial charge >= 0.3 is 0 Å². The van der Waals surface area contributed by atoms with E-state index in [4.69, 9.17) is 10.5 Å². The molecule has 1 heterocycles. The van der Waals surface area contributed by atoms with Crippen LogP contribution >= 0.6 is 24.0 Å². The number of aromatic nitrogens is 2. The monoisotopic (exact) mass is 443 g/mol. The molecule has 7 heteroatoms. The molecule has 0 radical (unpaired) electrons. The maximum atomic E-state index is 5.98. The summed E-state index contributed by atoms with van der Waals surface area (Å²) in [6.07, 6.45) is 0. The van der Waals surface area contributed by atoms with Crippen molar-refractivity contribution in [3.8, 4) is 0 Å². The highest BCUT2D eigenvalue weighted by Crippen LogP contribution is 2.14. The van der Waals surface area contributed by atoms with E-state index in [0.717, 1.165) is 29.2 Å². The number of nitrogens with one attached hydrogen (secondary N) is 1. The first-order valence-corrected chi connectivity index (χ1v) is 7.66. The molecular weight excluding hydrogens is 417 g/mol. The second kappa shape index (κ2) is 9.63. The lowest BCUT2D eigenvalue weighted by Crippen LogP contribution is -2.22. The lowest BCUT2D eigenvalue weighted by atomic mass is 10.2. The molecule has 1 aromatic carbocycles. The van der Waals surface area contributed by atoms with Crippen LogP contribution in [-0.2, 0) is 17.8 Å². The van der Waals surface area contributed by atoms with Crippen LogP contribution < -0.4 is 11.1 Å². The number of hydrogen-bond acceptors (Lipinski definition) is 3. The predicted octanol–water partition coefficient (Wildman–Crippen LogP) is 3.00. The molecule has 24 heavy (non-hydrogen) atoms. The number of benzene rings is 1. The molecule has 0 atom stereocenters. The largest absolute Gasteiger partial charge is 0.383 e. The Bertz CT molecular complexity index is 696. The topological polar surface area (TPSA) is 77.5 Å². The molecule has 0 saturated heterocycles. The van der Waals surface area contributed by atoms with Gasteiger partial charge in [0, 0.05) is 24.1 Å². The molecule has 0 aliphatic rings. The standard InChI is InChI=1S/C17H25N5O.HI/c1-12-6-5-7-15(10-12)20-17(18)19-11-16-13(2)21-22(14(16)3)8-9-23-4;/h5-7,10H,8-9,11H2,1-4H3,(H3,18,19,20);1H. The Kier molecular flexibility index (Phi) is 8.20. The van der Waals surface area contributed by atoms with Crippen LogP contribution in [0.15, 0.2) is 29.3 Å². The zero-order chi connectivity index (χ0) is 16.8. The van der Waals surface area contributed by atoms with Crippen molar-refractivity contribution in [3.05, 3.63) is 46.8 Å².